The minimum Gasteiger partial charge on any atom is -0.317 e. The fourth-order valence-corrected chi connectivity index (χ4v) is 5.42. The lowest BCUT2D eigenvalue weighted by Crippen LogP contribution is -2.53. The number of rotatable bonds is 5. The smallest absolute Gasteiger partial charge is 0.282 e. The Labute approximate surface area is 130 Å². The Morgan fingerprint density at radius 2 is 1.76 bits per heavy atom. The molecule has 0 aromatic rings. The molecule has 0 spiro atoms. The van der Waals surface area contributed by atoms with Gasteiger partial charge in [-0.3, -0.25) is 0 Å². The highest BCUT2D eigenvalue weighted by atomic mass is 32.2. The van der Waals surface area contributed by atoms with Crippen molar-refractivity contribution in [3.63, 3.8) is 0 Å². The van der Waals surface area contributed by atoms with E-state index in [-0.39, 0.29) is 6.04 Å². The van der Waals surface area contributed by atoms with Gasteiger partial charge in [0.1, 0.15) is 0 Å². The highest BCUT2D eigenvalue weighted by Gasteiger charge is 2.38. The number of nitrogens with one attached hydrogen (secondary N) is 1. The predicted molar refractivity (Wildman–Crippen MR) is 86.3 cm³/mol. The minimum absolute atomic E-state index is 0.128. The standard InChI is InChI=1S/C15H31N3O2S/c1-4-16-12-15-7-10-17(11-8-15)21(19,20)18-9-5-6-13(2)14(18)3/h13-16H,4-12H2,1-3H3. The molecule has 2 atom stereocenters. The van der Waals surface area contributed by atoms with Gasteiger partial charge in [0, 0.05) is 25.7 Å². The van der Waals surface area contributed by atoms with Gasteiger partial charge in [0.05, 0.1) is 0 Å². The van der Waals surface area contributed by atoms with Crippen LogP contribution in [0.3, 0.4) is 0 Å². The Bertz CT molecular complexity index is 419. The zero-order valence-corrected chi connectivity index (χ0v) is 14.5. The first-order chi connectivity index (χ1) is 9.96. The van der Waals surface area contributed by atoms with Crippen LogP contribution >= 0.6 is 0 Å². The van der Waals surface area contributed by atoms with Crippen molar-refractivity contribution in [2.45, 2.75) is 52.5 Å². The second kappa shape index (κ2) is 7.40. The summed E-state index contributed by atoms with van der Waals surface area (Å²) in [6, 6.07) is 0.128. The van der Waals surface area contributed by atoms with Crippen molar-refractivity contribution < 1.29 is 8.42 Å². The van der Waals surface area contributed by atoms with E-state index in [1.54, 1.807) is 8.61 Å². The molecule has 2 rings (SSSR count). The maximum atomic E-state index is 12.9. The van der Waals surface area contributed by atoms with Crippen LogP contribution in [0, 0.1) is 11.8 Å². The molecule has 1 N–H and O–H groups in total. The fraction of sp³-hybridized carbons (Fsp3) is 1.00. The molecular formula is C15H31N3O2S. The Morgan fingerprint density at radius 3 is 2.38 bits per heavy atom. The van der Waals surface area contributed by atoms with Gasteiger partial charge >= 0.3 is 0 Å². The quantitative estimate of drug-likeness (QED) is 0.839. The molecule has 0 saturated carbocycles. The molecule has 0 bridgehead atoms. The maximum absolute atomic E-state index is 12.9. The SMILES string of the molecule is CCNCC1CCN(S(=O)(=O)N2CCCC(C)C2C)CC1. The molecule has 2 fully saturated rings. The lowest BCUT2D eigenvalue weighted by atomic mass is 9.94. The van der Waals surface area contributed by atoms with Crippen LogP contribution in [0.1, 0.15) is 46.5 Å². The van der Waals surface area contributed by atoms with Gasteiger partial charge in [-0.05, 0) is 57.5 Å². The average Bonchev–Trinajstić information content (AvgIpc) is 2.48. The number of nitrogens with zero attached hydrogens (tertiary/aromatic N) is 2. The van der Waals surface area contributed by atoms with Crippen molar-refractivity contribution in [3.05, 3.63) is 0 Å². The normalized spacial score (nSPS) is 30.6. The lowest BCUT2D eigenvalue weighted by Gasteiger charge is -2.41. The Hall–Kier alpha value is -0.170. The molecule has 0 aromatic carbocycles. The van der Waals surface area contributed by atoms with Crippen molar-refractivity contribution in [2.75, 3.05) is 32.7 Å². The van der Waals surface area contributed by atoms with Crippen LogP contribution in [0.2, 0.25) is 0 Å². The molecule has 0 amide bonds. The van der Waals surface area contributed by atoms with Crippen molar-refractivity contribution in [3.8, 4) is 0 Å². The second-order valence-electron chi connectivity index (χ2n) is 6.63. The summed E-state index contributed by atoms with van der Waals surface area (Å²) >= 11 is 0. The van der Waals surface area contributed by atoms with E-state index in [9.17, 15) is 8.42 Å². The highest BCUT2D eigenvalue weighted by molar-refractivity contribution is 7.86. The van der Waals surface area contributed by atoms with E-state index in [1.165, 1.54) is 0 Å². The summed E-state index contributed by atoms with van der Waals surface area (Å²) < 4.78 is 29.2. The molecule has 0 aromatic heterocycles. The van der Waals surface area contributed by atoms with E-state index >= 15 is 0 Å². The van der Waals surface area contributed by atoms with E-state index in [0.717, 1.165) is 38.8 Å². The predicted octanol–water partition coefficient (Wildman–Crippen LogP) is 1.67. The first-order valence-electron chi connectivity index (χ1n) is 8.44. The second-order valence-corrected chi connectivity index (χ2v) is 8.51. The maximum Gasteiger partial charge on any atom is 0.282 e. The third-order valence-electron chi connectivity index (χ3n) is 5.19. The molecule has 2 saturated heterocycles. The van der Waals surface area contributed by atoms with Crippen LogP contribution in [-0.4, -0.2) is 55.8 Å². The van der Waals surface area contributed by atoms with Gasteiger partial charge in [0.25, 0.3) is 10.2 Å². The van der Waals surface area contributed by atoms with Gasteiger partial charge in [-0.15, -0.1) is 0 Å². The molecule has 2 heterocycles. The van der Waals surface area contributed by atoms with Crippen molar-refractivity contribution in [2.24, 2.45) is 11.8 Å². The summed E-state index contributed by atoms with van der Waals surface area (Å²) in [4.78, 5) is 0. The molecule has 0 aliphatic carbocycles. The molecule has 21 heavy (non-hydrogen) atoms. The third-order valence-corrected chi connectivity index (χ3v) is 7.32. The van der Waals surface area contributed by atoms with Crippen LogP contribution in [0.15, 0.2) is 0 Å². The fourth-order valence-electron chi connectivity index (χ4n) is 3.46. The minimum atomic E-state index is -3.26. The molecule has 2 unspecified atom stereocenters. The van der Waals surface area contributed by atoms with E-state index in [0.29, 0.717) is 31.5 Å². The topological polar surface area (TPSA) is 52.7 Å². The molecule has 2 aliphatic heterocycles. The Balaban J connectivity index is 1.95. The van der Waals surface area contributed by atoms with Crippen LogP contribution in [0.5, 0.6) is 0 Å². The summed E-state index contributed by atoms with van der Waals surface area (Å²) in [5.74, 6) is 1.08. The highest BCUT2D eigenvalue weighted by Crippen LogP contribution is 2.29. The summed E-state index contributed by atoms with van der Waals surface area (Å²) in [5, 5.41) is 3.37. The zero-order chi connectivity index (χ0) is 15.5. The van der Waals surface area contributed by atoms with Gasteiger partial charge in [-0.2, -0.15) is 17.0 Å². The molecule has 5 nitrogen and oxygen atoms in total. The van der Waals surface area contributed by atoms with E-state index < -0.39 is 10.2 Å². The monoisotopic (exact) mass is 317 g/mol. The van der Waals surface area contributed by atoms with E-state index in [1.807, 2.05) is 0 Å². The average molecular weight is 317 g/mol. The molecule has 2 aliphatic rings. The van der Waals surface area contributed by atoms with Gasteiger partial charge in [-0.25, -0.2) is 0 Å². The van der Waals surface area contributed by atoms with Gasteiger partial charge in [0.15, 0.2) is 0 Å². The summed E-state index contributed by atoms with van der Waals surface area (Å²) in [6.07, 6.45) is 4.08. The number of hydrogen-bond donors (Lipinski definition) is 1. The third kappa shape index (κ3) is 3.97. The van der Waals surface area contributed by atoms with Crippen LogP contribution in [0.25, 0.3) is 0 Å². The Morgan fingerprint density at radius 1 is 1.10 bits per heavy atom. The summed E-state index contributed by atoms with van der Waals surface area (Å²) in [5.41, 5.74) is 0. The van der Waals surface area contributed by atoms with Gasteiger partial charge < -0.3 is 5.32 Å². The largest absolute Gasteiger partial charge is 0.317 e. The molecule has 0 radical (unpaired) electrons. The first kappa shape index (κ1) is 17.2. The van der Waals surface area contributed by atoms with E-state index in [2.05, 4.69) is 26.1 Å². The molecule has 6 heteroatoms. The van der Waals surface area contributed by atoms with Crippen LogP contribution in [-0.2, 0) is 10.2 Å². The first-order valence-corrected chi connectivity index (χ1v) is 9.84. The van der Waals surface area contributed by atoms with Crippen molar-refractivity contribution >= 4 is 10.2 Å². The van der Waals surface area contributed by atoms with Crippen LogP contribution in [0.4, 0.5) is 0 Å². The van der Waals surface area contributed by atoms with Crippen LogP contribution < -0.4 is 5.32 Å². The molecular weight excluding hydrogens is 286 g/mol. The van der Waals surface area contributed by atoms with Crippen molar-refractivity contribution in [1.29, 1.82) is 0 Å². The number of hydrogen-bond acceptors (Lipinski definition) is 3. The van der Waals surface area contributed by atoms with Gasteiger partial charge in [0.2, 0.25) is 0 Å². The van der Waals surface area contributed by atoms with E-state index in [4.69, 9.17) is 0 Å². The van der Waals surface area contributed by atoms with Crippen molar-refractivity contribution in [1.82, 2.24) is 13.9 Å². The van der Waals surface area contributed by atoms with Gasteiger partial charge in [-0.1, -0.05) is 13.8 Å². The Kier molecular flexibility index (Phi) is 6.05. The summed E-state index contributed by atoms with van der Waals surface area (Å²) in [6.45, 7) is 10.4. The number of piperidine rings is 2. The lowest BCUT2D eigenvalue weighted by molar-refractivity contribution is 0.178. The zero-order valence-electron chi connectivity index (χ0n) is 13.7. The summed E-state index contributed by atoms with van der Waals surface area (Å²) in [7, 11) is -3.26. The molecule has 124 valence electrons.